The molecule has 142 valence electrons. The summed E-state index contributed by atoms with van der Waals surface area (Å²) >= 11 is 0. The van der Waals surface area contributed by atoms with E-state index in [4.69, 9.17) is 4.42 Å². The molecule has 0 radical (unpaired) electrons. The molecule has 28 heavy (non-hydrogen) atoms. The Morgan fingerprint density at radius 1 is 1.11 bits per heavy atom. The molecule has 0 atom stereocenters. The van der Waals surface area contributed by atoms with Gasteiger partial charge in [0, 0.05) is 24.4 Å². The lowest BCUT2D eigenvalue weighted by atomic mass is 9.87. The Morgan fingerprint density at radius 3 is 2.54 bits per heavy atom. The second-order valence-electron chi connectivity index (χ2n) is 7.86. The van der Waals surface area contributed by atoms with Crippen LogP contribution in [-0.4, -0.2) is 21.1 Å². The molecule has 4 rings (SSSR count). The van der Waals surface area contributed by atoms with E-state index in [1.807, 2.05) is 30.3 Å². The highest BCUT2D eigenvalue weighted by Crippen LogP contribution is 2.33. The maximum atomic E-state index is 11.2. The first-order valence-electron chi connectivity index (χ1n) is 9.14. The lowest BCUT2D eigenvalue weighted by molar-refractivity contribution is -0.114. The van der Waals surface area contributed by atoms with E-state index in [0.717, 1.165) is 33.6 Å². The summed E-state index contributed by atoms with van der Waals surface area (Å²) in [7, 11) is 0. The van der Waals surface area contributed by atoms with E-state index in [9.17, 15) is 4.79 Å². The molecule has 0 saturated carbocycles. The number of aromatic nitrogens is 3. The van der Waals surface area contributed by atoms with Crippen LogP contribution in [0.5, 0.6) is 0 Å². The molecule has 2 aromatic carbocycles. The Kier molecular flexibility index (Phi) is 4.26. The van der Waals surface area contributed by atoms with Crippen molar-refractivity contribution in [3.63, 3.8) is 0 Å². The summed E-state index contributed by atoms with van der Waals surface area (Å²) in [6, 6.07) is 13.6. The van der Waals surface area contributed by atoms with Crippen LogP contribution in [0.2, 0.25) is 0 Å². The number of hydrogen-bond acceptors (Lipinski definition) is 4. The van der Waals surface area contributed by atoms with Gasteiger partial charge in [-0.2, -0.15) is 5.10 Å². The van der Waals surface area contributed by atoms with Gasteiger partial charge in [0.25, 0.3) is 0 Å². The van der Waals surface area contributed by atoms with Gasteiger partial charge in [-0.3, -0.25) is 9.89 Å². The molecule has 0 fully saturated rings. The standard InChI is InChI=1S/C22H22N4O2/c1-13(27)24-16-8-5-14(6-9-16)20-17(12-23-26-20)21-25-18-11-15(22(2,3)4)7-10-19(18)28-21/h5-12H,1-4H3,(H,23,26)(H,24,27). The Bertz CT molecular complexity index is 1150. The monoisotopic (exact) mass is 374 g/mol. The maximum Gasteiger partial charge on any atom is 0.231 e. The van der Waals surface area contributed by atoms with Crippen molar-refractivity contribution < 1.29 is 9.21 Å². The molecule has 2 heterocycles. The van der Waals surface area contributed by atoms with Crippen LogP contribution in [0.3, 0.4) is 0 Å². The zero-order valence-electron chi connectivity index (χ0n) is 16.3. The van der Waals surface area contributed by atoms with Gasteiger partial charge >= 0.3 is 0 Å². The fourth-order valence-corrected chi connectivity index (χ4v) is 3.10. The second kappa shape index (κ2) is 6.64. The summed E-state index contributed by atoms with van der Waals surface area (Å²) in [5.41, 5.74) is 6.02. The minimum atomic E-state index is -0.102. The first-order valence-corrected chi connectivity index (χ1v) is 9.14. The average molecular weight is 374 g/mol. The minimum absolute atomic E-state index is 0.0454. The van der Waals surface area contributed by atoms with Gasteiger partial charge in [-0.15, -0.1) is 0 Å². The van der Waals surface area contributed by atoms with Crippen molar-refractivity contribution in [1.82, 2.24) is 15.2 Å². The molecule has 4 aromatic rings. The van der Waals surface area contributed by atoms with E-state index in [1.54, 1.807) is 6.20 Å². The quantitative estimate of drug-likeness (QED) is 0.520. The second-order valence-corrected chi connectivity index (χ2v) is 7.86. The van der Waals surface area contributed by atoms with Crippen LogP contribution in [0, 0.1) is 0 Å². The number of amides is 1. The minimum Gasteiger partial charge on any atom is -0.436 e. The predicted octanol–water partition coefficient (Wildman–Crippen LogP) is 5.14. The van der Waals surface area contributed by atoms with Crippen molar-refractivity contribution in [3.8, 4) is 22.7 Å². The number of rotatable bonds is 3. The molecule has 0 aliphatic heterocycles. The molecule has 6 heteroatoms. The molecule has 0 aliphatic carbocycles. The smallest absolute Gasteiger partial charge is 0.231 e. The van der Waals surface area contributed by atoms with Gasteiger partial charge in [0.2, 0.25) is 11.8 Å². The van der Waals surface area contributed by atoms with Gasteiger partial charge in [-0.1, -0.05) is 39.0 Å². The third-order valence-corrected chi connectivity index (χ3v) is 4.60. The number of carbonyl (C=O) groups excluding carboxylic acids is 1. The summed E-state index contributed by atoms with van der Waals surface area (Å²) in [4.78, 5) is 15.9. The zero-order valence-corrected chi connectivity index (χ0v) is 16.3. The van der Waals surface area contributed by atoms with Gasteiger partial charge in [-0.05, 0) is 35.2 Å². The molecule has 0 unspecified atom stereocenters. The van der Waals surface area contributed by atoms with Crippen LogP contribution in [0.15, 0.2) is 53.1 Å². The summed E-state index contributed by atoms with van der Waals surface area (Å²) in [5.74, 6) is 0.421. The van der Waals surface area contributed by atoms with E-state index in [2.05, 4.69) is 53.4 Å². The number of nitrogens with zero attached hydrogens (tertiary/aromatic N) is 2. The van der Waals surface area contributed by atoms with Crippen LogP contribution in [0.25, 0.3) is 33.8 Å². The van der Waals surface area contributed by atoms with Crippen molar-refractivity contribution in [2.45, 2.75) is 33.1 Å². The molecular formula is C22H22N4O2. The third-order valence-electron chi connectivity index (χ3n) is 4.60. The predicted molar refractivity (Wildman–Crippen MR) is 110 cm³/mol. The maximum absolute atomic E-state index is 11.2. The third kappa shape index (κ3) is 3.41. The number of hydrogen-bond donors (Lipinski definition) is 2. The highest BCUT2D eigenvalue weighted by atomic mass is 16.3. The molecule has 2 aromatic heterocycles. The van der Waals surface area contributed by atoms with E-state index < -0.39 is 0 Å². The van der Waals surface area contributed by atoms with E-state index in [-0.39, 0.29) is 11.3 Å². The van der Waals surface area contributed by atoms with E-state index in [0.29, 0.717) is 5.89 Å². The van der Waals surface area contributed by atoms with Gasteiger partial charge in [0.15, 0.2) is 5.58 Å². The highest BCUT2D eigenvalue weighted by molar-refractivity contribution is 5.89. The van der Waals surface area contributed by atoms with Crippen LogP contribution in [-0.2, 0) is 10.2 Å². The lowest BCUT2D eigenvalue weighted by Gasteiger charge is -2.18. The number of nitrogens with one attached hydrogen (secondary N) is 2. The molecule has 1 amide bonds. The van der Waals surface area contributed by atoms with Crippen LogP contribution < -0.4 is 5.32 Å². The van der Waals surface area contributed by atoms with Gasteiger partial charge < -0.3 is 9.73 Å². The Balaban J connectivity index is 1.71. The van der Waals surface area contributed by atoms with Gasteiger partial charge in [0.05, 0.1) is 5.56 Å². The van der Waals surface area contributed by atoms with Gasteiger partial charge in [-0.25, -0.2) is 4.98 Å². The molecule has 2 N–H and O–H groups in total. The molecule has 0 spiro atoms. The number of oxazole rings is 1. The first kappa shape index (κ1) is 18.0. The number of H-pyrrole nitrogens is 1. The summed E-state index contributed by atoms with van der Waals surface area (Å²) in [5, 5.41) is 10.0. The molecule has 0 saturated heterocycles. The van der Waals surface area contributed by atoms with Crippen molar-refractivity contribution in [2.24, 2.45) is 0 Å². The van der Waals surface area contributed by atoms with Crippen LogP contribution in [0.1, 0.15) is 33.3 Å². The van der Waals surface area contributed by atoms with Crippen molar-refractivity contribution in [2.75, 3.05) is 5.32 Å². The summed E-state index contributed by atoms with van der Waals surface area (Å²) in [6.45, 7) is 8.01. The normalized spacial score (nSPS) is 11.7. The Morgan fingerprint density at radius 2 is 1.86 bits per heavy atom. The number of fused-ring (bicyclic) bond motifs is 1. The average Bonchev–Trinajstić information content (AvgIpc) is 3.27. The van der Waals surface area contributed by atoms with Crippen LogP contribution in [0.4, 0.5) is 5.69 Å². The molecule has 0 aliphatic rings. The molecule has 0 bridgehead atoms. The fraction of sp³-hybridized carbons (Fsp3) is 0.227. The summed E-state index contributed by atoms with van der Waals surface area (Å²) < 4.78 is 5.99. The van der Waals surface area contributed by atoms with E-state index in [1.165, 1.54) is 12.5 Å². The van der Waals surface area contributed by atoms with Crippen LogP contribution >= 0.6 is 0 Å². The first-order chi connectivity index (χ1) is 13.3. The van der Waals surface area contributed by atoms with Gasteiger partial charge in [0.1, 0.15) is 11.2 Å². The topological polar surface area (TPSA) is 83.8 Å². The van der Waals surface area contributed by atoms with Crippen molar-refractivity contribution >= 4 is 22.7 Å². The number of aromatic amines is 1. The lowest BCUT2D eigenvalue weighted by Crippen LogP contribution is -2.10. The van der Waals surface area contributed by atoms with Crippen molar-refractivity contribution in [3.05, 3.63) is 54.2 Å². The van der Waals surface area contributed by atoms with E-state index >= 15 is 0 Å². The van der Waals surface area contributed by atoms with Crippen molar-refractivity contribution in [1.29, 1.82) is 0 Å². The Labute approximate surface area is 163 Å². The number of benzene rings is 2. The number of carbonyl (C=O) groups is 1. The summed E-state index contributed by atoms with van der Waals surface area (Å²) in [6.07, 6.45) is 1.78. The molecule has 6 nitrogen and oxygen atoms in total. The SMILES string of the molecule is CC(=O)Nc1ccc(-c2n[nH]cc2-c2nc3cc(C(C)(C)C)ccc3o2)cc1. The Hall–Kier alpha value is -3.41. The number of anilines is 1. The largest absolute Gasteiger partial charge is 0.436 e. The highest BCUT2D eigenvalue weighted by Gasteiger charge is 2.19. The molecular weight excluding hydrogens is 352 g/mol. The zero-order chi connectivity index (χ0) is 19.9. The fourth-order valence-electron chi connectivity index (χ4n) is 3.10.